The largest absolute Gasteiger partial charge is 0.349 e. The molecule has 5 heteroatoms. The fraction of sp³-hybridized carbons (Fsp3) is 0.625. The van der Waals surface area contributed by atoms with Crippen LogP contribution in [0, 0.1) is 10.8 Å². The number of nitrogens with one attached hydrogen (secondary N) is 2. The van der Waals surface area contributed by atoms with Crippen molar-refractivity contribution in [1.29, 1.82) is 0 Å². The summed E-state index contributed by atoms with van der Waals surface area (Å²) in [5.41, 5.74) is 3.55. The zero-order chi connectivity index (χ0) is 15.7. The predicted molar refractivity (Wildman–Crippen MR) is 84.7 cm³/mol. The van der Waals surface area contributed by atoms with Gasteiger partial charge in [0.2, 0.25) is 0 Å². The van der Waals surface area contributed by atoms with E-state index < -0.39 is 0 Å². The van der Waals surface area contributed by atoms with E-state index in [-0.39, 0.29) is 22.8 Å². The van der Waals surface area contributed by atoms with E-state index in [4.69, 9.17) is 5.84 Å². The second kappa shape index (κ2) is 5.64. The van der Waals surface area contributed by atoms with Crippen LogP contribution in [0.5, 0.6) is 0 Å². The molecule has 1 aliphatic rings. The van der Waals surface area contributed by atoms with Crippen LogP contribution in [0.3, 0.4) is 0 Å². The highest BCUT2D eigenvalue weighted by molar-refractivity contribution is 5.95. The maximum Gasteiger partial charge on any atom is 0.251 e. The minimum atomic E-state index is -0.0626. The summed E-state index contributed by atoms with van der Waals surface area (Å²) in [6.07, 6.45) is 4.78. The lowest BCUT2D eigenvalue weighted by Crippen LogP contribution is -2.46. The van der Waals surface area contributed by atoms with Crippen LogP contribution in [0.15, 0.2) is 18.3 Å². The van der Waals surface area contributed by atoms with E-state index in [9.17, 15) is 4.79 Å². The molecule has 21 heavy (non-hydrogen) atoms. The first kappa shape index (κ1) is 15.8. The zero-order valence-corrected chi connectivity index (χ0v) is 13.4. The van der Waals surface area contributed by atoms with Crippen LogP contribution in [-0.2, 0) is 0 Å². The van der Waals surface area contributed by atoms with Gasteiger partial charge in [0.05, 0.1) is 0 Å². The standard InChI is InChI=1S/C16H26N4O/c1-15(2)8-12(9-16(3,4)10-15)19-14(21)11-5-6-18-13(7-11)20-17/h5-7,12H,8-10,17H2,1-4H3,(H,18,20)(H,19,21). The summed E-state index contributed by atoms with van der Waals surface area (Å²) in [7, 11) is 0. The van der Waals surface area contributed by atoms with Gasteiger partial charge in [-0.2, -0.15) is 0 Å². The third kappa shape index (κ3) is 4.17. The van der Waals surface area contributed by atoms with E-state index in [1.165, 1.54) is 6.42 Å². The number of amides is 1. The monoisotopic (exact) mass is 290 g/mol. The highest BCUT2D eigenvalue weighted by atomic mass is 16.1. The number of nitrogen functional groups attached to an aromatic ring is 1. The van der Waals surface area contributed by atoms with Gasteiger partial charge in [-0.1, -0.05) is 27.7 Å². The van der Waals surface area contributed by atoms with Gasteiger partial charge in [-0.05, 0) is 42.2 Å². The van der Waals surface area contributed by atoms with Crippen LogP contribution < -0.4 is 16.6 Å². The van der Waals surface area contributed by atoms with Crippen molar-refractivity contribution in [2.24, 2.45) is 16.7 Å². The molecule has 1 amide bonds. The average molecular weight is 290 g/mol. The van der Waals surface area contributed by atoms with E-state index in [1.807, 2.05) is 0 Å². The normalized spacial score (nSPS) is 20.8. The quantitative estimate of drug-likeness (QED) is 0.590. The van der Waals surface area contributed by atoms with Gasteiger partial charge < -0.3 is 10.7 Å². The highest BCUT2D eigenvalue weighted by Crippen LogP contribution is 2.45. The summed E-state index contributed by atoms with van der Waals surface area (Å²) in [6.45, 7) is 9.10. The second-order valence-corrected chi connectivity index (χ2v) is 7.66. The van der Waals surface area contributed by atoms with Crippen LogP contribution in [0.25, 0.3) is 0 Å². The van der Waals surface area contributed by atoms with Crippen molar-refractivity contribution in [1.82, 2.24) is 10.3 Å². The maximum absolute atomic E-state index is 12.4. The van der Waals surface area contributed by atoms with Crippen LogP contribution >= 0.6 is 0 Å². The van der Waals surface area contributed by atoms with E-state index in [0.29, 0.717) is 11.4 Å². The number of pyridine rings is 1. The molecule has 4 N–H and O–H groups in total. The minimum Gasteiger partial charge on any atom is -0.349 e. The van der Waals surface area contributed by atoms with Gasteiger partial charge in [0.15, 0.2) is 0 Å². The number of hydrogen-bond donors (Lipinski definition) is 3. The molecule has 0 aromatic carbocycles. The lowest BCUT2D eigenvalue weighted by molar-refractivity contribution is 0.0713. The van der Waals surface area contributed by atoms with Gasteiger partial charge in [-0.3, -0.25) is 4.79 Å². The minimum absolute atomic E-state index is 0.0626. The lowest BCUT2D eigenvalue weighted by Gasteiger charge is -2.45. The summed E-state index contributed by atoms with van der Waals surface area (Å²) in [5, 5.41) is 3.16. The molecule has 0 atom stereocenters. The zero-order valence-electron chi connectivity index (χ0n) is 13.4. The average Bonchev–Trinajstić information content (AvgIpc) is 2.35. The first-order valence-corrected chi connectivity index (χ1v) is 7.44. The van der Waals surface area contributed by atoms with Crippen LogP contribution in [0.4, 0.5) is 5.82 Å². The Hall–Kier alpha value is -1.62. The molecule has 1 saturated carbocycles. The summed E-state index contributed by atoms with van der Waals surface area (Å²) in [5.74, 6) is 5.76. The fourth-order valence-electron chi connectivity index (χ4n) is 3.87. The molecule has 2 rings (SSSR count). The van der Waals surface area contributed by atoms with Crippen molar-refractivity contribution < 1.29 is 4.79 Å². The Bertz CT molecular complexity index is 509. The van der Waals surface area contributed by atoms with Gasteiger partial charge >= 0.3 is 0 Å². The molecule has 1 aliphatic carbocycles. The molecule has 0 spiro atoms. The number of carbonyl (C=O) groups excluding carboxylic acids is 1. The van der Waals surface area contributed by atoms with E-state index in [0.717, 1.165) is 12.8 Å². The summed E-state index contributed by atoms with van der Waals surface area (Å²) in [6, 6.07) is 3.57. The lowest BCUT2D eigenvalue weighted by atomic mass is 9.63. The topological polar surface area (TPSA) is 80.0 Å². The summed E-state index contributed by atoms with van der Waals surface area (Å²) in [4.78, 5) is 16.4. The number of nitrogens with two attached hydrogens (primary N) is 1. The molecular formula is C16H26N4O. The molecule has 0 radical (unpaired) electrons. The van der Waals surface area contributed by atoms with E-state index in [2.05, 4.69) is 43.4 Å². The first-order valence-electron chi connectivity index (χ1n) is 7.44. The van der Waals surface area contributed by atoms with Crippen molar-refractivity contribution in [3.8, 4) is 0 Å². The highest BCUT2D eigenvalue weighted by Gasteiger charge is 2.38. The molecule has 1 fully saturated rings. The Kier molecular flexibility index (Phi) is 4.23. The molecule has 0 saturated heterocycles. The molecule has 0 unspecified atom stereocenters. The SMILES string of the molecule is CC1(C)CC(NC(=O)c2ccnc(NN)c2)CC(C)(C)C1. The van der Waals surface area contributed by atoms with Gasteiger partial charge in [0.25, 0.3) is 5.91 Å². The smallest absolute Gasteiger partial charge is 0.251 e. The second-order valence-electron chi connectivity index (χ2n) is 7.66. The van der Waals surface area contributed by atoms with Crippen molar-refractivity contribution in [2.45, 2.75) is 53.0 Å². The third-order valence-electron chi connectivity index (χ3n) is 4.06. The molecule has 0 bridgehead atoms. The number of carbonyl (C=O) groups is 1. The van der Waals surface area contributed by atoms with Gasteiger partial charge in [0.1, 0.15) is 5.82 Å². The first-order chi connectivity index (χ1) is 9.71. The van der Waals surface area contributed by atoms with Gasteiger partial charge in [-0.25, -0.2) is 10.8 Å². The van der Waals surface area contributed by atoms with Crippen LogP contribution in [-0.4, -0.2) is 16.9 Å². The summed E-state index contributed by atoms with van der Waals surface area (Å²) < 4.78 is 0. The number of anilines is 1. The van der Waals surface area contributed by atoms with Crippen LogP contribution in [0.1, 0.15) is 57.3 Å². The molecule has 1 aromatic rings. The Morgan fingerprint density at radius 3 is 2.48 bits per heavy atom. The number of hydrogen-bond acceptors (Lipinski definition) is 4. The third-order valence-corrected chi connectivity index (χ3v) is 4.06. The Morgan fingerprint density at radius 1 is 1.29 bits per heavy atom. The van der Waals surface area contributed by atoms with E-state index >= 15 is 0 Å². The number of hydrazine groups is 1. The maximum atomic E-state index is 12.4. The molecular weight excluding hydrogens is 264 g/mol. The molecule has 1 aromatic heterocycles. The van der Waals surface area contributed by atoms with Crippen molar-refractivity contribution in [3.05, 3.63) is 23.9 Å². The Labute approximate surface area is 126 Å². The van der Waals surface area contributed by atoms with Gasteiger partial charge in [0, 0.05) is 17.8 Å². The van der Waals surface area contributed by atoms with Crippen molar-refractivity contribution >= 4 is 11.7 Å². The fourth-order valence-corrected chi connectivity index (χ4v) is 3.87. The van der Waals surface area contributed by atoms with Gasteiger partial charge in [-0.15, -0.1) is 0 Å². The molecule has 0 aliphatic heterocycles. The van der Waals surface area contributed by atoms with Crippen molar-refractivity contribution in [3.63, 3.8) is 0 Å². The van der Waals surface area contributed by atoms with Crippen LogP contribution in [0.2, 0.25) is 0 Å². The Balaban J connectivity index is 2.08. The van der Waals surface area contributed by atoms with Crippen molar-refractivity contribution in [2.75, 3.05) is 5.43 Å². The molecule has 1 heterocycles. The summed E-state index contributed by atoms with van der Waals surface area (Å²) >= 11 is 0. The number of rotatable bonds is 3. The Morgan fingerprint density at radius 2 is 1.90 bits per heavy atom. The van der Waals surface area contributed by atoms with E-state index in [1.54, 1.807) is 18.3 Å². The predicted octanol–water partition coefficient (Wildman–Crippen LogP) is 2.70. The molecule has 5 nitrogen and oxygen atoms in total. The number of aromatic nitrogens is 1. The molecule has 116 valence electrons. The number of nitrogens with zero attached hydrogens (tertiary/aromatic N) is 1.